The average molecular weight is 455 g/mol. The molecule has 3 heterocycles. The van der Waals surface area contributed by atoms with Gasteiger partial charge in [-0.2, -0.15) is 5.01 Å². The molecule has 0 spiro atoms. The number of nitrogen functional groups attached to an aromatic ring is 1. The Hall–Kier alpha value is -3.14. The molecular weight excluding hydrogens is 423 g/mol. The highest BCUT2D eigenvalue weighted by Crippen LogP contribution is 2.40. The molecule has 2 aliphatic rings. The summed E-state index contributed by atoms with van der Waals surface area (Å²) in [5, 5.41) is 7.46. The first-order valence-corrected chi connectivity index (χ1v) is 11.0. The van der Waals surface area contributed by atoms with Crippen LogP contribution in [-0.4, -0.2) is 43.5 Å². The van der Waals surface area contributed by atoms with Gasteiger partial charge in [-0.1, -0.05) is 0 Å². The Bertz CT molecular complexity index is 1100. The van der Waals surface area contributed by atoms with Crippen LogP contribution in [0.25, 0.3) is 5.70 Å². The van der Waals surface area contributed by atoms with Crippen LogP contribution in [0.3, 0.4) is 0 Å². The zero-order valence-electron chi connectivity index (χ0n) is 19.4. The lowest BCUT2D eigenvalue weighted by molar-refractivity contribution is 0.0281. The fraction of sp³-hybridized carbons (Fsp3) is 0.375. The van der Waals surface area contributed by atoms with E-state index in [4.69, 9.17) is 20.9 Å². The minimum atomic E-state index is -0.494. The molecule has 2 bridgehead atoms. The van der Waals surface area contributed by atoms with Gasteiger partial charge in [0.2, 0.25) is 0 Å². The number of hydrazine groups is 1. The Morgan fingerprint density at radius 3 is 2.82 bits per heavy atom. The third-order valence-corrected chi connectivity index (χ3v) is 6.01. The van der Waals surface area contributed by atoms with E-state index in [-0.39, 0.29) is 17.9 Å². The maximum absolute atomic E-state index is 14.4. The van der Waals surface area contributed by atoms with Crippen LogP contribution in [-0.2, 0) is 4.74 Å². The maximum atomic E-state index is 14.4. The smallest absolute Gasteiger partial charge is 0.166 e. The predicted molar refractivity (Wildman–Crippen MR) is 127 cm³/mol. The molecule has 1 aromatic carbocycles. The SMILES string of the molecule is CCN/C1=C(\CN)CC2=CC(OC)N(C)N2c2ccc(F)cc2C(C)Oc2cc1cnc2N. The van der Waals surface area contributed by atoms with Gasteiger partial charge in [0.05, 0.1) is 5.69 Å². The molecule has 1 aromatic heterocycles. The van der Waals surface area contributed by atoms with E-state index in [1.807, 2.05) is 37.0 Å². The molecule has 2 aromatic rings. The molecule has 0 saturated carbocycles. The molecule has 9 heteroatoms. The number of allylic oxidation sites excluding steroid dienone is 1. The number of anilines is 2. The number of methoxy groups -OCH3 is 1. The van der Waals surface area contributed by atoms with Crippen molar-refractivity contribution in [2.75, 3.05) is 38.0 Å². The van der Waals surface area contributed by atoms with Crippen molar-refractivity contribution in [3.05, 3.63) is 64.8 Å². The molecule has 8 nitrogen and oxygen atoms in total. The Morgan fingerprint density at radius 2 is 2.12 bits per heavy atom. The van der Waals surface area contributed by atoms with Crippen molar-refractivity contribution in [2.24, 2.45) is 5.73 Å². The van der Waals surface area contributed by atoms with Crippen LogP contribution < -0.4 is 26.5 Å². The molecule has 176 valence electrons. The summed E-state index contributed by atoms with van der Waals surface area (Å²) in [5.74, 6) is 0.357. The summed E-state index contributed by atoms with van der Waals surface area (Å²) in [5.41, 5.74) is 17.6. The first-order chi connectivity index (χ1) is 15.9. The fourth-order valence-corrected chi connectivity index (χ4v) is 4.41. The van der Waals surface area contributed by atoms with E-state index in [2.05, 4.69) is 16.4 Å². The number of halogens is 1. The summed E-state index contributed by atoms with van der Waals surface area (Å²) in [6, 6.07) is 6.56. The minimum Gasteiger partial charge on any atom is -0.482 e. The van der Waals surface area contributed by atoms with Gasteiger partial charge >= 0.3 is 0 Å². The zero-order valence-corrected chi connectivity index (χ0v) is 19.4. The molecule has 0 aliphatic carbocycles. The Kier molecular flexibility index (Phi) is 6.55. The highest BCUT2D eigenvalue weighted by molar-refractivity contribution is 5.71. The van der Waals surface area contributed by atoms with Crippen LogP contribution in [0.1, 0.15) is 37.5 Å². The van der Waals surface area contributed by atoms with Gasteiger partial charge in [-0.05, 0) is 49.8 Å². The summed E-state index contributed by atoms with van der Waals surface area (Å²) in [4.78, 5) is 4.35. The minimum absolute atomic E-state index is 0.268. The monoisotopic (exact) mass is 454 g/mol. The molecule has 2 atom stereocenters. The van der Waals surface area contributed by atoms with Gasteiger partial charge in [-0.3, -0.25) is 5.01 Å². The lowest BCUT2D eigenvalue weighted by Gasteiger charge is -2.35. The van der Waals surface area contributed by atoms with Crippen LogP contribution in [0, 0.1) is 5.82 Å². The van der Waals surface area contributed by atoms with E-state index in [1.54, 1.807) is 19.4 Å². The number of nitrogens with zero attached hydrogens (tertiary/aromatic N) is 3. The van der Waals surface area contributed by atoms with E-state index in [0.717, 1.165) is 28.2 Å². The largest absolute Gasteiger partial charge is 0.482 e. The normalized spacial score (nSPS) is 23.1. The molecule has 0 fully saturated rings. The van der Waals surface area contributed by atoms with Crippen molar-refractivity contribution < 1.29 is 13.9 Å². The Balaban J connectivity index is 1.98. The second-order valence-corrected chi connectivity index (χ2v) is 8.13. The van der Waals surface area contributed by atoms with Gasteiger partial charge in [0.15, 0.2) is 11.6 Å². The van der Waals surface area contributed by atoms with Crippen LogP contribution in [0.5, 0.6) is 5.75 Å². The highest BCUT2D eigenvalue weighted by atomic mass is 19.1. The average Bonchev–Trinajstić information content (AvgIpc) is 3.11. The molecule has 0 saturated heterocycles. The van der Waals surface area contributed by atoms with Gasteiger partial charge in [-0.15, -0.1) is 0 Å². The third kappa shape index (κ3) is 4.27. The van der Waals surface area contributed by atoms with Crippen LogP contribution in [0.2, 0.25) is 0 Å². The molecule has 2 aliphatic heterocycles. The number of fused-ring (bicyclic) bond motifs is 5. The van der Waals surface area contributed by atoms with Crippen molar-refractivity contribution in [3.63, 3.8) is 0 Å². The molecule has 2 unspecified atom stereocenters. The second kappa shape index (κ2) is 9.38. The van der Waals surface area contributed by atoms with E-state index < -0.39 is 6.10 Å². The number of ether oxygens (including phenoxy) is 2. The first-order valence-electron chi connectivity index (χ1n) is 11.0. The number of nitrogens with two attached hydrogens (primary N) is 2. The van der Waals surface area contributed by atoms with E-state index in [0.29, 0.717) is 30.8 Å². The van der Waals surface area contributed by atoms with Crippen molar-refractivity contribution >= 4 is 17.2 Å². The van der Waals surface area contributed by atoms with E-state index in [1.165, 1.54) is 12.1 Å². The summed E-state index contributed by atoms with van der Waals surface area (Å²) in [7, 11) is 3.59. The fourth-order valence-electron chi connectivity index (χ4n) is 4.41. The third-order valence-electron chi connectivity index (χ3n) is 6.01. The topological polar surface area (TPSA) is 102 Å². The number of hydrogen-bond acceptors (Lipinski definition) is 8. The summed E-state index contributed by atoms with van der Waals surface area (Å²) < 4.78 is 26.3. The number of hydrogen-bond donors (Lipinski definition) is 3. The highest BCUT2D eigenvalue weighted by Gasteiger charge is 2.34. The van der Waals surface area contributed by atoms with E-state index in [9.17, 15) is 4.39 Å². The molecular formula is C24H31FN6O2. The number of rotatable bonds is 4. The summed E-state index contributed by atoms with van der Waals surface area (Å²) in [6.45, 7) is 4.95. The summed E-state index contributed by atoms with van der Waals surface area (Å²) in [6.07, 6.45) is 3.56. The standard InChI is InChI=1S/C24H31FN6O2/c1-5-28-23-15(12-26)8-18-11-22(32-4)30(3)31(18)20-7-6-17(25)10-19(20)14(2)33-21-9-16(23)13-29-24(21)27/h6-7,9-11,13-14,22,28H,5,8,12,26H2,1-4H3,(H2,27,29)/b23-15-. The van der Waals surface area contributed by atoms with Crippen LogP contribution in [0.4, 0.5) is 15.9 Å². The predicted octanol–water partition coefficient (Wildman–Crippen LogP) is 3.15. The maximum Gasteiger partial charge on any atom is 0.166 e. The van der Waals surface area contributed by atoms with Gasteiger partial charge in [0, 0.05) is 62.4 Å². The van der Waals surface area contributed by atoms with Crippen molar-refractivity contribution in [3.8, 4) is 5.75 Å². The molecule has 33 heavy (non-hydrogen) atoms. The lowest BCUT2D eigenvalue weighted by atomic mass is 10.0. The number of pyridine rings is 1. The number of likely N-dealkylation sites (N-methyl/N-ethyl adjacent to an activating group) is 1. The van der Waals surface area contributed by atoms with Crippen molar-refractivity contribution in [2.45, 2.75) is 32.6 Å². The van der Waals surface area contributed by atoms with Crippen LogP contribution >= 0.6 is 0 Å². The van der Waals surface area contributed by atoms with Gasteiger partial charge in [-0.25, -0.2) is 9.37 Å². The first kappa shape index (κ1) is 23.0. The number of benzene rings is 1. The molecule has 4 rings (SSSR count). The second-order valence-electron chi connectivity index (χ2n) is 8.13. The molecule has 0 radical (unpaired) electrons. The molecule has 0 amide bonds. The van der Waals surface area contributed by atoms with Gasteiger partial charge in [0.25, 0.3) is 0 Å². The van der Waals surface area contributed by atoms with Crippen LogP contribution in [0.15, 0.2) is 47.8 Å². The number of aromatic nitrogens is 1. The van der Waals surface area contributed by atoms with Crippen molar-refractivity contribution in [1.29, 1.82) is 0 Å². The van der Waals surface area contributed by atoms with Gasteiger partial charge in [0.1, 0.15) is 18.1 Å². The summed E-state index contributed by atoms with van der Waals surface area (Å²) >= 11 is 0. The Labute approximate surface area is 193 Å². The van der Waals surface area contributed by atoms with Crippen molar-refractivity contribution in [1.82, 2.24) is 15.3 Å². The quantitative estimate of drug-likeness (QED) is 0.648. The lowest BCUT2D eigenvalue weighted by Crippen LogP contribution is -2.41. The Morgan fingerprint density at radius 1 is 1.33 bits per heavy atom. The van der Waals surface area contributed by atoms with E-state index >= 15 is 0 Å². The zero-order chi connectivity index (χ0) is 23.7. The molecule has 5 N–H and O–H groups in total. The van der Waals surface area contributed by atoms with Gasteiger partial charge < -0.3 is 26.3 Å². The number of nitrogens with one attached hydrogen (secondary N) is 1.